The third-order valence-electron chi connectivity index (χ3n) is 0. The Morgan fingerprint density at radius 1 is 0.857 bits per heavy atom. The number of rotatable bonds is 0. The van der Waals surface area contributed by atoms with E-state index in [0.29, 0.717) is 0 Å². The van der Waals surface area contributed by atoms with Crippen LogP contribution >= 0.6 is 0 Å². The fourth-order valence-electron chi connectivity index (χ4n) is 0. The van der Waals surface area contributed by atoms with Crippen LogP contribution in [0.2, 0.25) is 0 Å². The molecule has 0 aromatic rings. The quantitative estimate of drug-likeness (QED) is 0.609. The van der Waals surface area contributed by atoms with Gasteiger partial charge in [-0.3, -0.25) is 0 Å². The van der Waals surface area contributed by atoms with Crippen LogP contribution in [0.15, 0.2) is 0 Å². The molecule has 0 aromatic heterocycles. The van der Waals surface area contributed by atoms with E-state index >= 15 is 0 Å². The van der Waals surface area contributed by atoms with E-state index in [4.69, 9.17) is 0 Å². The van der Waals surface area contributed by atoms with Crippen LogP contribution in [0.3, 0.4) is 0 Å². The molecule has 0 bridgehead atoms. The van der Waals surface area contributed by atoms with Crippen molar-refractivity contribution in [3.8, 4) is 0 Å². The molecule has 6 radical (unpaired) electrons. The van der Waals surface area contributed by atoms with Crippen molar-refractivity contribution in [3.63, 3.8) is 0 Å². The second kappa shape index (κ2) is 116. The molecular weight excluding hydrogens is 170 g/mol. The Kier molecular flexibility index (Phi) is 397. The van der Waals surface area contributed by atoms with E-state index in [2.05, 4.69) is 19.6 Å². The van der Waals surface area contributed by atoms with Crippen LogP contribution in [0.5, 0.6) is 0 Å². The predicted octanol–water partition coefficient (Wildman–Crippen LogP) is 2.07. The first-order chi connectivity index (χ1) is 5.15. The molecular formula is C10H32B2N2. The van der Waals surface area contributed by atoms with Crippen molar-refractivity contribution in [2.45, 2.75) is 41.5 Å². The molecule has 2 nitrogen and oxygen atoms in total. The molecule has 14 heavy (non-hydrogen) atoms. The first-order valence-corrected chi connectivity index (χ1v) is 4.33. The Bertz CT molecular complexity index is 27.3. The minimum absolute atomic E-state index is 0. The smallest absolute Gasteiger partial charge is 0 e. The van der Waals surface area contributed by atoms with E-state index in [9.17, 15) is 0 Å². The number of hydrogen-bond donors (Lipinski definition) is 1. The highest BCUT2D eigenvalue weighted by Gasteiger charge is 1.58. The van der Waals surface area contributed by atoms with Gasteiger partial charge in [0.15, 0.2) is 0 Å². The zero-order valence-corrected chi connectivity index (χ0v) is 10.9. The fraction of sp³-hybridized carbons (Fsp3) is 1.00. The summed E-state index contributed by atoms with van der Waals surface area (Å²) in [6.45, 7) is 8.25. The van der Waals surface area contributed by atoms with Gasteiger partial charge in [0.1, 0.15) is 0 Å². The summed E-state index contributed by atoms with van der Waals surface area (Å²) >= 11 is 0. The summed E-state index contributed by atoms with van der Waals surface area (Å²) in [5, 5.41) is 0. The maximum absolute atomic E-state index is 4.50. The molecule has 88 valence electrons. The first-order valence-electron chi connectivity index (χ1n) is 4.33. The molecule has 4 heteroatoms. The van der Waals surface area contributed by atoms with Gasteiger partial charge < -0.3 is 10.6 Å². The summed E-state index contributed by atoms with van der Waals surface area (Å²) in [5.41, 5.74) is 4.50. The molecule has 0 heterocycles. The van der Waals surface area contributed by atoms with Crippen LogP contribution in [0.1, 0.15) is 41.5 Å². The van der Waals surface area contributed by atoms with Gasteiger partial charge in [0.05, 0.1) is 0 Å². The molecule has 0 aliphatic heterocycles. The predicted molar refractivity (Wildman–Crippen MR) is 75.3 cm³/mol. The third kappa shape index (κ3) is 592000. The SMILES string of the molecule is C.CC.CCC.CN.CN(C)C.[B].[B]. The molecule has 2 N–H and O–H groups in total. The van der Waals surface area contributed by atoms with Gasteiger partial charge in [0.2, 0.25) is 0 Å². The van der Waals surface area contributed by atoms with E-state index in [0.717, 1.165) is 0 Å². The van der Waals surface area contributed by atoms with Crippen LogP contribution in [0, 0.1) is 0 Å². The maximum Gasteiger partial charge on any atom is 0 e. The lowest BCUT2D eigenvalue weighted by Crippen LogP contribution is -1.99. The fourth-order valence-corrected chi connectivity index (χ4v) is 0. The summed E-state index contributed by atoms with van der Waals surface area (Å²) in [6.07, 6.45) is 1.25. The molecule has 0 saturated carbocycles. The van der Waals surface area contributed by atoms with Crippen LogP contribution in [-0.4, -0.2) is 49.9 Å². The summed E-state index contributed by atoms with van der Waals surface area (Å²) in [6, 6.07) is 0. The standard InChI is InChI=1S/C3H9N.C3H8.C2H6.CH5N.CH4.2B/c1-4(2)3;1-3-2;2*1-2;;;/h1-3H3;3H2,1-2H3;1-2H3;2H2,1H3;1H4;;. The second-order valence-electron chi connectivity index (χ2n) is 2.05. The average Bonchev–Trinajstić information content (AvgIpc) is 1.96. The van der Waals surface area contributed by atoms with Crippen molar-refractivity contribution in [2.75, 3.05) is 28.2 Å². The summed E-state index contributed by atoms with van der Waals surface area (Å²) in [7, 11) is 7.50. The van der Waals surface area contributed by atoms with Gasteiger partial charge in [-0.05, 0) is 28.2 Å². The van der Waals surface area contributed by atoms with Gasteiger partial charge in [-0.15, -0.1) is 0 Å². The van der Waals surface area contributed by atoms with Gasteiger partial charge >= 0.3 is 0 Å². The molecule has 0 aliphatic rings. The van der Waals surface area contributed by atoms with Gasteiger partial charge in [0, 0.05) is 16.8 Å². The van der Waals surface area contributed by atoms with Crippen LogP contribution < -0.4 is 5.73 Å². The molecule has 0 atom stereocenters. The van der Waals surface area contributed by atoms with Crippen molar-refractivity contribution in [3.05, 3.63) is 0 Å². The van der Waals surface area contributed by atoms with Crippen molar-refractivity contribution < 1.29 is 0 Å². The average molecular weight is 202 g/mol. The largest absolute Gasteiger partial charge is 0.333 e. The number of nitrogens with two attached hydrogens (primary N) is 1. The lowest BCUT2D eigenvalue weighted by molar-refractivity contribution is 0.505. The zero-order chi connectivity index (χ0) is 10.3. The molecule has 0 rings (SSSR count). The Hall–Kier alpha value is 0.0499. The van der Waals surface area contributed by atoms with E-state index in [1.807, 2.05) is 39.9 Å². The first kappa shape index (κ1) is 48.1. The Morgan fingerprint density at radius 3 is 0.857 bits per heavy atom. The summed E-state index contributed by atoms with van der Waals surface area (Å²) < 4.78 is 0. The Labute approximate surface area is 97.8 Å². The highest BCUT2D eigenvalue weighted by atomic mass is 15.0. The Morgan fingerprint density at radius 2 is 0.857 bits per heavy atom. The third-order valence-corrected chi connectivity index (χ3v) is 0. The normalized spacial score (nSPS) is 4.71. The lowest BCUT2D eigenvalue weighted by atomic mass is 10.6. The van der Waals surface area contributed by atoms with E-state index in [1.165, 1.54) is 13.5 Å². The number of nitrogens with zero attached hydrogens (tertiary/aromatic N) is 1. The minimum Gasteiger partial charge on any atom is -0.333 e. The molecule has 0 aliphatic carbocycles. The van der Waals surface area contributed by atoms with Crippen LogP contribution in [0.4, 0.5) is 0 Å². The van der Waals surface area contributed by atoms with Gasteiger partial charge in [-0.25, -0.2) is 0 Å². The van der Waals surface area contributed by atoms with E-state index in [-0.39, 0.29) is 24.3 Å². The number of hydrogen-bond acceptors (Lipinski definition) is 2. The second-order valence-corrected chi connectivity index (χ2v) is 2.05. The van der Waals surface area contributed by atoms with Gasteiger partial charge in [-0.1, -0.05) is 41.5 Å². The van der Waals surface area contributed by atoms with Crippen molar-refractivity contribution in [1.82, 2.24) is 4.90 Å². The van der Waals surface area contributed by atoms with Crippen LogP contribution in [0.25, 0.3) is 0 Å². The topological polar surface area (TPSA) is 29.3 Å². The summed E-state index contributed by atoms with van der Waals surface area (Å²) in [5.74, 6) is 0. The van der Waals surface area contributed by atoms with E-state index in [1.54, 1.807) is 0 Å². The molecule has 0 fully saturated rings. The monoisotopic (exact) mass is 202 g/mol. The Balaban J connectivity index is -0.00000000908. The lowest BCUT2D eigenvalue weighted by Gasteiger charge is -1.90. The molecule has 0 spiro atoms. The molecule has 0 unspecified atom stereocenters. The minimum atomic E-state index is 0. The highest BCUT2D eigenvalue weighted by Crippen LogP contribution is 1.56. The van der Waals surface area contributed by atoms with Crippen molar-refractivity contribution in [1.29, 1.82) is 0 Å². The highest BCUT2D eigenvalue weighted by molar-refractivity contribution is 5.76. The molecule has 0 amide bonds. The molecule has 0 aromatic carbocycles. The molecule has 0 saturated heterocycles. The van der Waals surface area contributed by atoms with Crippen molar-refractivity contribution in [2.24, 2.45) is 5.73 Å². The maximum atomic E-state index is 4.50. The van der Waals surface area contributed by atoms with E-state index < -0.39 is 0 Å². The van der Waals surface area contributed by atoms with Crippen molar-refractivity contribution >= 4 is 16.8 Å². The van der Waals surface area contributed by atoms with Gasteiger partial charge in [-0.2, -0.15) is 0 Å². The van der Waals surface area contributed by atoms with Crippen LogP contribution in [-0.2, 0) is 0 Å². The van der Waals surface area contributed by atoms with Gasteiger partial charge in [0.25, 0.3) is 0 Å². The summed E-state index contributed by atoms with van der Waals surface area (Å²) in [4.78, 5) is 2.00. The zero-order valence-electron chi connectivity index (χ0n) is 10.9.